The van der Waals surface area contributed by atoms with Crippen LogP contribution in [0, 0.1) is 0 Å². The SMILES string of the molecule is CCOc1ccc2c(c1)C(=O)C(OC(=O)CC)C2=O. The summed E-state index contributed by atoms with van der Waals surface area (Å²) in [6.45, 7) is 3.90. The van der Waals surface area contributed by atoms with Crippen LogP contribution in [0.2, 0.25) is 0 Å². The maximum absolute atomic E-state index is 12.1. The van der Waals surface area contributed by atoms with E-state index < -0.39 is 23.6 Å². The lowest BCUT2D eigenvalue weighted by atomic mass is 10.1. The molecule has 1 aliphatic rings. The molecule has 1 aromatic carbocycles. The zero-order valence-electron chi connectivity index (χ0n) is 10.8. The fourth-order valence-corrected chi connectivity index (χ4v) is 1.92. The van der Waals surface area contributed by atoms with Crippen LogP contribution in [0.3, 0.4) is 0 Å². The van der Waals surface area contributed by atoms with Gasteiger partial charge in [0.2, 0.25) is 17.7 Å². The Morgan fingerprint density at radius 3 is 2.47 bits per heavy atom. The fraction of sp³-hybridized carbons (Fsp3) is 0.357. The molecule has 0 saturated heterocycles. The van der Waals surface area contributed by atoms with Crippen molar-refractivity contribution in [2.75, 3.05) is 6.61 Å². The fourth-order valence-electron chi connectivity index (χ4n) is 1.92. The van der Waals surface area contributed by atoms with Gasteiger partial charge in [0.1, 0.15) is 5.75 Å². The van der Waals surface area contributed by atoms with Crippen molar-refractivity contribution in [2.24, 2.45) is 0 Å². The second kappa shape index (κ2) is 5.22. The van der Waals surface area contributed by atoms with Crippen LogP contribution in [0.1, 0.15) is 41.0 Å². The van der Waals surface area contributed by atoms with Crippen molar-refractivity contribution in [3.8, 4) is 5.75 Å². The molecule has 0 bridgehead atoms. The first-order valence-electron chi connectivity index (χ1n) is 6.13. The maximum Gasteiger partial charge on any atom is 0.306 e. The molecule has 0 saturated carbocycles. The first-order chi connectivity index (χ1) is 9.08. The molecule has 0 fully saturated rings. The average molecular weight is 262 g/mol. The van der Waals surface area contributed by atoms with Crippen LogP contribution >= 0.6 is 0 Å². The molecule has 0 N–H and O–H groups in total. The molecule has 1 aromatic rings. The summed E-state index contributed by atoms with van der Waals surface area (Å²) in [7, 11) is 0. The van der Waals surface area contributed by atoms with E-state index in [1.165, 1.54) is 12.1 Å². The van der Waals surface area contributed by atoms with Crippen LogP contribution in [0.5, 0.6) is 5.75 Å². The van der Waals surface area contributed by atoms with Crippen molar-refractivity contribution < 1.29 is 23.9 Å². The Morgan fingerprint density at radius 2 is 1.84 bits per heavy atom. The van der Waals surface area contributed by atoms with Crippen molar-refractivity contribution in [1.29, 1.82) is 0 Å². The van der Waals surface area contributed by atoms with Gasteiger partial charge in [-0.1, -0.05) is 6.92 Å². The van der Waals surface area contributed by atoms with E-state index in [-0.39, 0.29) is 17.5 Å². The zero-order valence-corrected chi connectivity index (χ0v) is 10.8. The van der Waals surface area contributed by atoms with Gasteiger partial charge >= 0.3 is 5.97 Å². The third-order valence-corrected chi connectivity index (χ3v) is 2.85. The van der Waals surface area contributed by atoms with E-state index in [1.54, 1.807) is 13.0 Å². The number of ketones is 2. The number of hydrogen-bond acceptors (Lipinski definition) is 5. The van der Waals surface area contributed by atoms with E-state index in [0.717, 1.165) is 0 Å². The molecule has 2 rings (SSSR count). The van der Waals surface area contributed by atoms with Crippen LogP contribution in [-0.2, 0) is 9.53 Å². The lowest BCUT2D eigenvalue weighted by Crippen LogP contribution is -2.28. The van der Waals surface area contributed by atoms with Gasteiger partial charge in [0.25, 0.3) is 0 Å². The predicted octanol–water partition coefficient (Wildman–Crippen LogP) is 1.79. The summed E-state index contributed by atoms with van der Waals surface area (Å²) in [6, 6.07) is 4.66. The monoisotopic (exact) mass is 262 g/mol. The lowest BCUT2D eigenvalue weighted by molar-refractivity contribution is -0.144. The highest BCUT2D eigenvalue weighted by atomic mass is 16.6. The van der Waals surface area contributed by atoms with Crippen molar-refractivity contribution in [3.63, 3.8) is 0 Å². The van der Waals surface area contributed by atoms with Gasteiger partial charge in [0.15, 0.2) is 0 Å². The van der Waals surface area contributed by atoms with Crippen LogP contribution in [0.15, 0.2) is 18.2 Å². The minimum absolute atomic E-state index is 0.123. The van der Waals surface area contributed by atoms with E-state index in [9.17, 15) is 14.4 Å². The minimum atomic E-state index is -1.33. The molecule has 0 heterocycles. The summed E-state index contributed by atoms with van der Waals surface area (Å²) in [5.41, 5.74) is 0.534. The second-order valence-electron chi connectivity index (χ2n) is 4.09. The summed E-state index contributed by atoms with van der Waals surface area (Å²) in [5, 5.41) is 0. The highest BCUT2D eigenvalue weighted by Crippen LogP contribution is 2.28. The lowest BCUT2D eigenvalue weighted by Gasteiger charge is -2.07. The highest BCUT2D eigenvalue weighted by molar-refractivity contribution is 6.29. The molecule has 1 aliphatic carbocycles. The summed E-state index contributed by atoms with van der Waals surface area (Å²) < 4.78 is 10.2. The van der Waals surface area contributed by atoms with Gasteiger partial charge in [-0.05, 0) is 25.1 Å². The zero-order chi connectivity index (χ0) is 14.0. The van der Waals surface area contributed by atoms with Gasteiger partial charge < -0.3 is 9.47 Å². The van der Waals surface area contributed by atoms with Crippen LogP contribution in [0.25, 0.3) is 0 Å². The average Bonchev–Trinajstić information content (AvgIpc) is 2.64. The Balaban J connectivity index is 2.30. The van der Waals surface area contributed by atoms with Gasteiger partial charge in [-0.25, -0.2) is 0 Å². The van der Waals surface area contributed by atoms with Crippen molar-refractivity contribution in [2.45, 2.75) is 26.4 Å². The van der Waals surface area contributed by atoms with Crippen LogP contribution < -0.4 is 4.74 Å². The Labute approximate surface area is 110 Å². The Morgan fingerprint density at radius 1 is 1.16 bits per heavy atom. The van der Waals surface area contributed by atoms with Crippen molar-refractivity contribution in [1.82, 2.24) is 0 Å². The number of benzene rings is 1. The van der Waals surface area contributed by atoms with E-state index >= 15 is 0 Å². The number of rotatable bonds is 4. The molecular formula is C14H14O5. The summed E-state index contributed by atoms with van der Waals surface area (Å²) in [6.07, 6.45) is -1.21. The molecule has 100 valence electrons. The van der Waals surface area contributed by atoms with E-state index in [1.807, 2.05) is 6.92 Å². The van der Waals surface area contributed by atoms with Gasteiger partial charge in [-0.2, -0.15) is 0 Å². The Hall–Kier alpha value is -2.17. The number of ether oxygens (including phenoxy) is 2. The Kier molecular flexibility index (Phi) is 3.64. The van der Waals surface area contributed by atoms with E-state index in [4.69, 9.17) is 9.47 Å². The van der Waals surface area contributed by atoms with Crippen molar-refractivity contribution in [3.05, 3.63) is 29.3 Å². The number of fused-ring (bicyclic) bond motifs is 1. The number of Topliss-reactive ketones (excluding diaryl/α,β-unsaturated/α-hetero) is 2. The molecule has 0 aliphatic heterocycles. The molecule has 1 unspecified atom stereocenters. The number of esters is 1. The molecule has 5 heteroatoms. The smallest absolute Gasteiger partial charge is 0.306 e. The number of carbonyl (C=O) groups excluding carboxylic acids is 3. The van der Waals surface area contributed by atoms with Gasteiger partial charge in [-0.3, -0.25) is 14.4 Å². The minimum Gasteiger partial charge on any atom is -0.494 e. The molecule has 1 atom stereocenters. The summed E-state index contributed by atoms with van der Waals surface area (Å²) in [5.74, 6) is -0.998. The third-order valence-electron chi connectivity index (χ3n) is 2.85. The predicted molar refractivity (Wildman–Crippen MR) is 66.4 cm³/mol. The molecule has 0 aromatic heterocycles. The van der Waals surface area contributed by atoms with Crippen LogP contribution in [-0.4, -0.2) is 30.2 Å². The van der Waals surface area contributed by atoms with Crippen molar-refractivity contribution >= 4 is 17.5 Å². The molecule has 5 nitrogen and oxygen atoms in total. The summed E-state index contributed by atoms with van der Waals surface area (Å²) in [4.78, 5) is 35.3. The van der Waals surface area contributed by atoms with E-state index in [2.05, 4.69) is 0 Å². The normalized spacial score (nSPS) is 17.3. The summed E-state index contributed by atoms with van der Waals surface area (Å²) >= 11 is 0. The molecule has 0 spiro atoms. The largest absolute Gasteiger partial charge is 0.494 e. The Bertz CT molecular complexity index is 547. The first kappa shape index (κ1) is 13.3. The molecular weight excluding hydrogens is 248 g/mol. The maximum atomic E-state index is 12.1. The number of hydrogen-bond donors (Lipinski definition) is 0. The molecule has 19 heavy (non-hydrogen) atoms. The topological polar surface area (TPSA) is 69.7 Å². The number of carbonyl (C=O) groups is 3. The van der Waals surface area contributed by atoms with Crippen LogP contribution in [0.4, 0.5) is 0 Å². The molecule has 0 radical (unpaired) electrons. The van der Waals surface area contributed by atoms with Gasteiger partial charge in [-0.15, -0.1) is 0 Å². The van der Waals surface area contributed by atoms with Gasteiger partial charge in [0.05, 0.1) is 6.61 Å². The first-order valence-corrected chi connectivity index (χ1v) is 6.13. The van der Waals surface area contributed by atoms with E-state index in [0.29, 0.717) is 12.4 Å². The second-order valence-corrected chi connectivity index (χ2v) is 4.09. The molecule has 0 amide bonds. The highest BCUT2D eigenvalue weighted by Gasteiger charge is 2.41. The quantitative estimate of drug-likeness (QED) is 0.611. The van der Waals surface area contributed by atoms with Gasteiger partial charge in [0, 0.05) is 17.5 Å². The standard InChI is InChI=1S/C14H14O5/c1-3-11(15)19-14-12(16)9-6-5-8(18-4-2)7-10(9)13(14)17/h5-7,14H,3-4H2,1-2H3. The third kappa shape index (κ3) is 2.36.